The van der Waals surface area contributed by atoms with Gasteiger partial charge in [0.1, 0.15) is 11.3 Å². The number of anilines is 1. The molecule has 1 aromatic heterocycles. The molecule has 0 aliphatic heterocycles. The average molecular weight is 286 g/mol. The van der Waals surface area contributed by atoms with Gasteiger partial charge in [-0.2, -0.15) is 0 Å². The first-order valence-corrected chi connectivity index (χ1v) is 6.64. The number of nitrogens with zero attached hydrogens (tertiary/aromatic N) is 2. The molecule has 2 rings (SSSR count). The highest BCUT2D eigenvalue weighted by Crippen LogP contribution is 2.42. The number of hydrogen-bond acceptors (Lipinski definition) is 6. The van der Waals surface area contributed by atoms with Crippen LogP contribution in [0.3, 0.4) is 0 Å². The van der Waals surface area contributed by atoms with Gasteiger partial charge in [0.05, 0.1) is 19.2 Å². The summed E-state index contributed by atoms with van der Waals surface area (Å²) in [6.07, 6.45) is 1.88. The van der Waals surface area contributed by atoms with Crippen LogP contribution in [0.4, 0.5) is 5.82 Å². The molecule has 2 aromatic rings. The molecule has 0 atom stereocenters. The van der Waals surface area contributed by atoms with E-state index in [0.717, 1.165) is 0 Å². The number of halogens is 1. The average Bonchev–Trinajstić information content (AvgIpc) is 2.37. The molecule has 0 fully saturated rings. The Balaban J connectivity index is 2.89. The molecular formula is C11H12ClN3O2S. The number of methoxy groups -OCH3 is 2. The lowest BCUT2D eigenvalue weighted by Gasteiger charge is -2.13. The predicted octanol–water partition coefficient (Wildman–Crippen LogP) is 2.60. The molecule has 0 aliphatic carbocycles. The fraction of sp³-hybridized carbons (Fsp3) is 0.273. The molecule has 0 saturated heterocycles. The van der Waals surface area contributed by atoms with Crippen molar-refractivity contribution in [2.45, 2.75) is 5.16 Å². The molecular weight excluding hydrogens is 274 g/mol. The molecule has 18 heavy (non-hydrogen) atoms. The zero-order valence-electron chi connectivity index (χ0n) is 10.2. The summed E-state index contributed by atoms with van der Waals surface area (Å²) >= 11 is 7.51. The molecule has 1 aromatic carbocycles. The van der Waals surface area contributed by atoms with Crippen LogP contribution in [0, 0.1) is 0 Å². The van der Waals surface area contributed by atoms with E-state index in [4.69, 9.17) is 26.8 Å². The monoisotopic (exact) mass is 285 g/mol. The first kappa shape index (κ1) is 13.0. The van der Waals surface area contributed by atoms with Gasteiger partial charge < -0.3 is 15.2 Å². The fourth-order valence-corrected chi connectivity index (χ4v) is 2.30. The Bertz CT molecular complexity index is 607. The van der Waals surface area contributed by atoms with Gasteiger partial charge in [-0.25, -0.2) is 9.97 Å². The van der Waals surface area contributed by atoms with Crippen LogP contribution >= 0.6 is 23.4 Å². The summed E-state index contributed by atoms with van der Waals surface area (Å²) in [6, 6.07) is 1.68. The fourth-order valence-electron chi connectivity index (χ4n) is 1.66. The van der Waals surface area contributed by atoms with Crippen LogP contribution in [0.2, 0.25) is 5.02 Å². The summed E-state index contributed by atoms with van der Waals surface area (Å²) in [4.78, 5) is 8.55. The molecule has 1 heterocycles. The maximum atomic E-state index is 6.11. The number of nitrogens with two attached hydrogens (primary N) is 1. The lowest BCUT2D eigenvalue weighted by molar-refractivity contribution is 0.358. The Morgan fingerprint density at radius 3 is 2.44 bits per heavy atom. The molecule has 0 bridgehead atoms. The van der Waals surface area contributed by atoms with Crippen molar-refractivity contribution >= 4 is 40.1 Å². The molecule has 0 spiro atoms. The SMILES string of the molecule is COc1c(Cl)cc2c(N)nc(SC)nc2c1OC. The number of hydrogen-bond donors (Lipinski definition) is 1. The van der Waals surface area contributed by atoms with E-state index >= 15 is 0 Å². The van der Waals surface area contributed by atoms with Gasteiger partial charge in [-0.05, 0) is 12.3 Å². The number of nitrogen functional groups attached to an aromatic ring is 1. The van der Waals surface area contributed by atoms with Gasteiger partial charge in [-0.15, -0.1) is 0 Å². The number of rotatable bonds is 3. The minimum atomic E-state index is 0.368. The molecule has 0 aliphatic rings. The largest absolute Gasteiger partial charge is 0.491 e. The van der Waals surface area contributed by atoms with Crippen molar-refractivity contribution in [2.75, 3.05) is 26.2 Å². The summed E-state index contributed by atoms with van der Waals surface area (Å²) in [6.45, 7) is 0. The van der Waals surface area contributed by atoms with Crippen molar-refractivity contribution in [3.05, 3.63) is 11.1 Å². The topological polar surface area (TPSA) is 70.3 Å². The second-order valence-electron chi connectivity index (χ2n) is 3.42. The molecule has 96 valence electrons. The zero-order valence-corrected chi connectivity index (χ0v) is 11.7. The second-order valence-corrected chi connectivity index (χ2v) is 4.60. The normalized spacial score (nSPS) is 10.7. The Labute approximate surface area is 114 Å². The highest BCUT2D eigenvalue weighted by Gasteiger charge is 2.18. The quantitative estimate of drug-likeness (QED) is 0.690. The van der Waals surface area contributed by atoms with Gasteiger partial charge in [0.15, 0.2) is 16.7 Å². The molecule has 5 nitrogen and oxygen atoms in total. The smallest absolute Gasteiger partial charge is 0.189 e. The van der Waals surface area contributed by atoms with E-state index in [1.807, 2.05) is 6.26 Å². The van der Waals surface area contributed by atoms with Crippen molar-refractivity contribution < 1.29 is 9.47 Å². The molecule has 7 heteroatoms. The van der Waals surface area contributed by atoms with Crippen molar-refractivity contribution in [3.8, 4) is 11.5 Å². The lowest BCUT2D eigenvalue weighted by Crippen LogP contribution is -2.00. The van der Waals surface area contributed by atoms with E-state index in [1.165, 1.54) is 26.0 Å². The molecule has 2 N–H and O–H groups in total. The number of benzene rings is 1. The van der Waals surface area contributed by atoms with Crippen LogP contribution in [-0.4, -0.2) is 30.4 Å². The Morgan fingerprint density at radius 1 is 1.22 bits per heavy atom. The third-order valence-corrected chi connectivity index (χ3v) is 3.28. The molecule has 0 unspecified atom stereocenters. The van der Waals surface area contributed by atoms with Crippen LogP contribution in [0.25, 0.3) is 10.9 Å². The van der Waals surface area contributed by atoms with Gasteiger partial charge in [0.2, 0.25) is 0 Å². The zero-order chi connectivity index (χ0) is 13.3. The van der Waals surface area contributed by atoms with E-state index in [2.05, 4.69) is 9.97 Å². The van der Waals surface area contributed by atoms with Crippen molar-refractivity contribution in [1.82, 2.24) is 9.97 Å². The second kappa shape index (κ2) is 5.07. The summed E-state index contributed by atoms with van der Waals surface area (Å²) in [5.41, 5.74) is 6.49. The van der Waals surface area contributed by atoms with Crippen molar-refractivity contribution in [3.63, 3.8) is 0 Å². The van der Waals surface area contributed by atoms with Gasteiger partial charge in [-0.3, -0.25) is 0 Å². The van der Waals surface area contributed by atoms with Crippen LogP contribution in [-0.2, 0) is 0 Å². The minimum absolute atomic E-state index is 0.368. The Hall–Kier alpha value is -1.40. The summed E-state index contributed by atoms with van der Waals surface area (Å²) in [5, 5.41) is 1.63. The van der Waals surface area contributed by atoms with Crippen LogP contribution in [0.5, 0.6) is 11.5 Å². The summed E-state index contributed by atoms with van der Waals surface area (Å²) in [7, 11) is 3.06. The first-order valence-electron chi connectivity index (χ1n) is 5.04. The summed E-state index contributed by atoms with van der Waals surface area (Å²) in [5.74, 6) is 1.27. The number of thioether (sulfide) groups is 1. The van der Waals surface area contributed by atoms with E-state index in [-0.39, 0.29) is 0 Å². The predicted molar refractivity (Wildman–Crippen MR) is 73.8 cm³/mol. The van der Waals surface area contributed by atoms with Gasteiger partial charge in [-0.1, -0.05) is 23.4 Å². The van der Waals surface area contributed by atoms with Gasteiger partial charge in [0.25, 0.3) is 0 Å². The van der Waals surface area contributed by atoms with Crippen LogP contribution in [0.15, 0.2) is 11.2 Å². The summed E-state index contributed by atoms with van der Waals surface area (Å²) < 4.78 is 10.5. The van der Waals surface area contributed by atoms with E-state index < -0.39 is 0 Å². The van der Waals surface area contributed by atoms with E-state index in [0.29, 0.717) is 38.4 Å². The van der Waals surface area contributed by atoms with Gasteiger partial charge in [0, 0.05) is 5.39 Å². The van der Waals surface area contributed by atoms with Crippen molar-refractivity contribution in [2.24, 2.45) is 0 Å². The maximum absolute atomic E-state index is 6.11. The van der Waals surface area contributed by atoms with E-state index in [1.54, 1.807) is 6.07 Å². The van der Waals surface area contributed by atoms with Crippen LogP contribution in [0.1, 0.15) is 0 Å². The lowest BCUT2D eigenvalue weighted by atomic mass is 10.2. The third kappa shape index (κ3) is 2.02. The standard InChI is InChI=1S/C11H12ClN3O2S/c1-16-8-6(12)4-5-7(9(8)17-2)14-11(18-3)15-10(5)13/h4H,1-3H3,(H2,13,14,15). The highest BCUT2D eigenvalue weighted by molar-refractivity contribution is 7.98. The number of fused-ring (bicyclic) bond motifs is 1. The Morgan fingerprint density at radius 2 is 1.89 bits per heavy atom. The first-order chi connectivity index (χ1) is 8.62. The third-order valence-electron chi connectivity index (χ3n) is 2.45. The Kier molecular flexibility index (Phi) is 3.68. The maximum Gasteiger partial charge on any atom is 0.189 e. The van der Waals surface area contributed by atoms with E-state index in [9.17, 15) is 0 Å². The highest BCUT2D eigenvalue weighted by atomic mass is 35.5. The van der Waals surface area contributed by atoms with Crippen LogP contribution < -0.4 is 15.2 Å². The number of ether oxygens (including phenoxy) is 2. The number of aromatic nitrogens is 2. The molecule has 0 amide bonds. The van der Waals surface area contributed by atoms with Gasteiger partial charge >= 0.3 is 0 Å². The molecule has 0 saturated carbocycles. The van der Waals surface area contributed by atoms with Crippen molar-refractivity contribution in [1.29, 1.82) is 0 Å². The minimum Gasteiger partial charge on any atom is -0.491 e. The molecule has 0 radical (unpaired) electrons.